The van der Waals surface area contributed by atoms with Crippen molar-refractivity contribution in [2.45, 2.75) is 11.2 Å². The molecule has 0 nitrogen and oxygen atoms in total. The van der Waals surface area contributed by atoms with Crippen molar-refractivity contribution < 1.29 is 4.39 Å². The van der Waals surface area contributed by atoms with Crippen LogP contribution in [-0.2, 0) is 6.42 Å². The van der Waals surface area contributed by atoms with E-state index >= 15 is 0 Å². The molecule has 0 heterocycles. The van der Waals surface area contributed by atoms with Crippen molar-refractivity contribution >= 4 is 31.9 Å². The van der Waals surface area contributed by atoms with E-state index in [-0.39, 0.29) is 10.6 Å². The summed E-state index contributed by atoms with van der Waals surface area (Å²) >= 11 is 6.94. The molecule has 0 N–H and O–H groups in total. The summed E-state index contributed by atoms with van der Waals surface area (Å²) in [6, 6.07) is 14.9. The SMILES string of the molecule is Fc1ccccc1C(Br)Cc1ccc(Br)cc1. The molecule has 0 bridgehead atoms. The van der Waals surface area contributed by atoms with E-state index in [4.69, 9.17) is 0 Å². The summed E-state index contributed by atoms with van der Waals surface area (Å²) in [5.74, 6) is -0.161. The van der Waals surface area contributed by atoms with Gasteiger partial charge in [-0.15, -0.1) is 0 Å². The smallest absolute Gasteiger partial charge is 0.127 e. The molecule has 2 rings (SSSR count). The zero-order valence-electron chi connectivity index (χ0n) is 9.04. The molecule has 88 valence electrons. The third kappa shape index (κ3) is 3.39. The molecule has 0 saturated carbocycles. The minimum Gasteiger partial charge on any atom is -0.207 e. The van der Waals surface area contributed by atoms with Crippen LogP contribution in [0.1, 0.15) is 16.0 Å². The van der Waals surface area contributed by atoms with Gasteiger partial charge in [0, 0.05) is 14.9 Å². The van der Waals surface area contributed by atoms with Gasteiger partial charge in [0.15, 0.2) is 0 Å². The van der Waals surface area contributed by atoms with Crippen LogP contribution in [0.15, 0.2) is 53.0 Å². The van der Waals surface area contributed by atoms with Gasteiger partial charge in [-0.1, -0.05) is 62.2 Å². The number of rotatable bonds is 3. The predicted molar refractivity (Wildman–Crippen MR) is 75.9 cm³/mol. The molecule has 0 aliphatic rings. The normalized spacial score (nSPS) is 12.4. The maximum absolute atomic E-state index is 13.6. The van der Waals surface area contributed by atoms with Crippen molar-refractivity contribution in [1.82, 2.24) is 0 Å². The quantitative estimate of drug-likeness (QED) is 0.656. The average Bonchev–Trinajstić information content (AvgIpc) is 2.32. The summed E-state index contributed by atoms with van der Waals surface area (Å²) in [4.78, 5) is 0.00451. The zero-order valence-corrected chi connectivity index (χ0v) is 12.2. The summed E-state index contributed by atoms with van der Waals surface area (Å²) in [5, 5.41) is 0. The number of benzene rings is 2. The van der Waals surface area contributed by atoms with Gasteiger partial charge in [-0.3, -0.25) is 0 Å². The van der Waals surface area contributed by atoms with E-state index in [0.717, 1.165) is 10.9 Å². The Kier molecular flexibility index (Phi) is 4.35. The topological polar surface area (TPSA) is 0 Å². The fourth-order valence-corrected chi connectivity index (χ4v) is 2.68. The van der Waals surface area contributed by atoms with Gasteiger partial charge in [0.2, 0.25) is 0 Å². The van der Waals surface area contributed by atoms with Crippen LogP contribution in [0.3, 0.4) is 0 Å². The van der Waals surface area contributed by atoms with Gasteiger partial charge in [0.25, 0.3) is 0 Å². The number of alkyl halides is 1. The van der Waals surface area contributed by atoms with E-state index in [2.05, 4.69) is 31.9 Å². The molecule has 0 aromatic heterocycles. The van der Waals surface area contributed by atoms with E-state index in [1.165, 1.54) is 11.6 Å². The highest BCUT2D eigenvalue weighted by Crippen LogP contribution is 2.29. The monoisotopic (exact) mass is 356 g/mol. The lowest BCUT2D eigenvalue weighted by Gasteiger charge is -2.11. The largest absolute Gasteiger partial charge is 0.207 e. The lowest BCUT2D eigenvalue weighted by Crippen LogP contribution is -1.98. The molecule has 0 aliphatic carbocycles. The van der Waals surface area contributed by atoms with E-state index in [1.54, 1.807) is 6.07 Å². The molecule has 1 atom stereocenters. The highest BCUT2D eigenvalue weighted by Gasteiger charge is 2.12. The van der Waals surface area contributed by atoms with Crippen LogP contribution < -0.4 is 0 Å². The van der Waals surface area contributed by atoms with Gasteiger partial charge in [0.05, 0.1) is 0 Å². The van der Waals surface area contributed by atoms with Gasteiger partial charge >= 0.3 is 0 Å². The van der Waals surface area contributed by atoms with Gasteiger partial charge < -0.3 is 0 Å². The van der Waals surface area contributed by atoms with E-state index in [0.29, 0.717) is 5.56 Å². The number of hydrogen-bond donors (Lipinski definition) is 0. The molecule has 0 fully saturated rings. The summed E-state index contributed by atoms with van der Waals surface area (Å²) in [6.07, 6.45) is 0.772. The fourth-order valence-electron chi connectivity index (χ4n) is 1.67. The molecule has 0 amide bonds. The van der Waals surface area contributed by atoms with E-state index in [9.17, 15) is 4.39 Å². The maximum atomic E-state index is 13.6. The van der Waals surface area contributed by atoms with Gasteiger partial charge in [-0.25, -0.2) is 4.39 Å². The molecule has 0 aliphatic heterocycles. The third-order valence-electron chi connectivity index (χ3n) is 2.57. The predicted octanol–water partition coefficient (Wildman–Crippen LogP) is 5.27. The van der Waals surface area contributed by atoms with Crippen molar-refractivity contribution in [2.75, 3.05) is 0 Å². The summed E-state index contributed by atoms with van der Waals surface area (Å²) in [7, 11) is 0. The second kappa shape index (κ2) is 5.78. The molecule has 0 saturated heterocycles. The minimum atomic E-state index is -0.161. The lowest BCUT2D eigenvalue weighted by molar-refractivity contribution is 0.608. The Morgan fingerprint density at radius 3 is 2.29 bits per heavy atom. The van der Waals surface area contributed by atoms with Crippen LogP contribution in [0.5, 0.6) is 0 Å². The first-order valence-corrected chi connectivity index (χ1v) is 7.00. The molecule has 2 aromatic rings. The third-order valence-corrected chi connectivity index (χ3v) is 3.92. The van der Waals surface area contributed by atoms with Crippen LogP contribution in [0, 0.1) is 5.82 Å². The summed E-state index contributed by atoms with van der Waals surface area (Å²) in [6.45, 7) is 0. The van der Waals surface area contributed by atoms with Crippen molar-refractivity contribution in [3.8, 4) is 0 Å². The van der Waals surface area contributed by atoms with Gasteiger partial charge in [-0.2, -0.15) is 0 Å². The number of hydrogen-bond acceptors (Lipinski definition) is 0. The summed E-state index contributed by atoms with van der Waals surface area (Å²) in [5.41, 5.74) is 1.88. The standard InChI is InChI=1S/C14H11Br2F/c15-11-7-5-10(6-8-11)9-13(16)12-3-1-2-4-14(12)17/h1-8,13H,9H2. The fraction of sp³-hybridized carbons (Fsp3) is 0.143. The molecular formula is C14H11Br2F. The Labute approximate surface area is 117 Å². The second-order valence-electron chi connectivity index (χ2n) is 3.82. The van der Waals surface area contributed by atoms with Gasteiger partial charge in [0.1, 0.15) is 5.82 Å². The van der Waals surface area contributed by atoms with E-state index in [1.807, 2.05) is 36.4 Å². The zero-order chi connectivity index (χ0) is 12.3. The minimum absolute atomic E-state index is 0.00451. The number of halogens is 3. The molecular weight excluding hydrogens is 347 g/mol. The average molecular weight is 358 g/mol. The summed E-state index contributed by atoms with van der Waals surface area (Å²) < 4.78 is 14.6. The first kappa shape index (κ1) is 12.8. The van der Waals surface area contributed by atoms with Crippen LogP contribution in [0.4, 0.5) is 4.39 Å². The molecule has 0 spiro atoms. The van der Waals surface area contributed by atoms with Crippen LogP contribution in [0.25, 0.3) is 0 Å². The van der Waals surface area contributed by atoms with E-state index < -0.39 is 0 Å². The van der Waals surface area contributed by atoms with Crippen molar-refractivity contribution in [1.29, 1.82) is 0 Å². The Morgan fingerprint density at radius 2 is 1.65 bits per heavy atom. The second-order valence-corrected chi connectivity index (χ2v) is 5.84. The Hall–Kier alpha value is -0.670. The molecule has 0 radical (unpaired) electrons. The first-order valence-electron chi connectivity index (χ1n) is 5.30. The van der Waals surface area contributed by atoms with Crippen LogP contribution >= 0.6 is 31.9 Å². The molecule has 1 unspecified atom stereocenters. The van der Waals surface area contributed by atoms with Crippen molar-refractivity contribution in [2.24, 2.45) is 0 Å². The maximum Gasteiger partial charge on any atom is 0.127 e. The van der Waals surface area contributed by atoms with Crippen LogP contribution in [0.2, 0.25) is 0 Å². The van der Waals surface area contributed by atoms with Crippen LogP contribution in [-0.4, -0.2) is 0 Å². The molecule has 2 aromatic carbocycles. The van der Waals surface area contributed by atoms with Gasteiger partial charge in [-0.05, 0) is 30.2 Å². The van der Waals surface area contributed by atoms with Crippen molar-refractivity contribution in [3.63, 3.8) is 0 Å². The Morgan fingerprint density at radius 1 is 1.00 bits per heavy atom. The Bertz CT molecular complexity index is 494. The Balaban J connectivity index is 2.14. The lowest BCUT2D eigenvalue weighted by atomic mass is 10.0. The highest BCUT2D eigenvalue weighted by molar-refractivity contribution is 9.10. The highest BCUT2D eigenvalue weighted by atomic mass is 79.9. The van der Waals surface area contributed by atoms with Crippen molar-refractivity contribution in [3.05, 3.63) is 69.9 Å². The molecule has 3 heteroatoms. The molecule has 17 heavy (non-hydrogen) atoms. The first-order chi connectivity index (χ1) is 8.16.